The first-order chi connectivity index (χ1) is 18.1. The van der Waals surface area contributed by atoms with E-state index in [1.807, 2.05) is 24.3 Å². The number of esters is 1. The van der Waals surface area contributed by atoms with E-state index in [9.17, 15) is 4.79 Å². The minimum absolute atomic E-state index is 0.319. The quantitative estimate of drug-likeness (QED) is 0.137. The normalized spacial score (nSPS) is 22.6. The zero-order valence-electron chi connectivity index (χ0n) is 23.4. The second kappa shape index (κ2) is 13.5. The molecule has 3 nitrogen and oxygen atoms in total. The Labute approximate surface area is 225 Å². The third-order valence-electron chi connectivity index (χ3n) is 9.25. The van der Waals surface area contributed by atoms with Crippen LogP contribution in [0.2, 0.25) is 0 Å². The van der Waals surface area contributed by atoms with Gasteiger partial charge in [-0.05, 0) is 104 Å². The summed E-state index contributed by atoms with van der Waals surface area (Å²) in [5.41, 5.74) is 2.94. The lowest BCUT2D eigenvalue weighted by Crippen LogP contribution is -2.44. The number of fused-ring (bicyclic) bond motifs is 3. The first-order valence-corrected chi connectivity index (χ1v) is 15.1. The topological polar surface area (TPSA) is 35.5 Å². The molecule has 3 aliphatic carbocycles. The number of hydrogen-bond acceptors (Lipinski definition) is 3. The predicted molar refractivity (Wildman–Crippen MR) is 153 cm³/mol. The highest BCUT2D eigenvalue weighted by atomic mass is 16.5. The van der Waals surface area contributed by atoms with Crippen LogP contribution in [-0.2, 0) is 5.41 Å². The van der Waals surface area contributed by atoms with Crippen LogP contribution >= 0.6 is 0 Å². The van der Waals surface area contributed by atoms with Crippen LogP contribution < -0.4 is 9.47 Å². The molecule has 3 fully saturated rings. The standard InChI is InChI=1S/C34H48O3/c1-3-5-7-8-9-11-27-36-30-16-12-28(13-17-30)32(35)37-31-18-14-29(15-19-31)34-24-21-33(22-25-34,23-26-34)20-10-6-4-2/h12-19H,3-11,20-27H2,1-2H3. The fraction of sp³-hybridized carbons (Fsp3) is 0.618. The van der Waals surface area contributed by atoms with E-state index in [-0.39, 0.29) is 5.97 Å². The molecule has 0 unspecified atom stereocenters. The van der Waals surface area contributed by atoms with E-state index >= 15 is 0 Å². The highest BCUT2D eigenvalue weighted by Gasteiger charge is 2.48. The van der Waals surface area contributed by atoms with Crippen molar-refractivity contribution < 1.29 is 14.3 Å². The van der Waals surface area contributed by atoms with Gasteiger partial charge >= 0.3 is 5.97 Å². The summed E-state index contributed by atoms with van der Waals surface area (Å²) in [6.07, 6.45) is 21.1. The molecule has 0 aromatic heterocycles. The van der Waals surface area contributed by atoms with Crippen LogP contribution in [0.3, 0.4) is 0 Å². The van der Waals surface area contributed by atoms with Crippen molar-refractivity contribution >= 4 is 5.97 Å². The van der Waals surface area contributed by atoms with Gasteiger partial charge in [0.05, 0.1) is 12.2 Å². The van der Waals surface area contributed by atoms with E-state index in [0.717, 1.165) is 18.8 Å². The number of ether oxygens (including phenoxy) is 2. The van der Waals surface area contributed by atoms with Crippen molar-refractivity contribution in [1.29, 1.82) is 0 Å². The van der Waals surface area contributed by atoms with Gasteiger partial charge in [0.15, 0.2) is 0 Å². The van der Waals surface area contributed by atoms with Gasteiger partial charge in [0, 0.05) is 0 Å². The van der Waals surface area contributed by atoms with Gasteiger partial charge in [0.2, 0.25) is 0 Å². The first kappa shape index (κ1) is 27.7. The van der Waals surface area contributed by atoms with Crippen molar-refractivity contribution in [3.8, 4) is 11.5 Å². The third kappa shape index (κ3) is 7.39. The molecule has 0 heterocycles. The fourth-order valence-electron chi connectivity index (χ4n) is 6.62. The lowest BCUT2D eigenvalue weighted by molar-refractivity contribution is 0.0305. The van der Waals surface area contributed by atoms with E-state index in [0.29, 0.717) is 22.1 Å². The van der Waals surface area contributed by atoms with Crippen molar-refractivity contribution in [3.63, 3.8) is 0 Å². The summed E-state index contributed by atoms with van der Waals surface area (Å²) in [6.45, 7) is 5.26. The average Bonchev–Trinajstić information content (AvgIpc) is 2.94. The molecule has 3 saturated carbocycles. The number of hydrogen-bond donors (Lipinski definition) is 0. The summed E-state index contributed by atoms with van der Waals surface area (Å²) in [4.78, 5) is 12.7. The number of benzene rings is 2. The minimum Gasteiger partial charge on any atom is -0.494 e. The molecule has 0 saturated heterocycles. The molecule has 2 aromatic rings. The molecule has 0 aliphatic heterocycles. The molecule has 0 amide bonds. The van der Waals surface area contributed by atoms with Crippen LogP contribution in [0.15, 0.2) is 48.5 Å². The summed E-state index contributed by atoms with van der Waals surface area (Å²) >= 11 is 0. The van der Waals surface area contributed by atoms with Gasteiger partial charge < -0.3 is 9.47 Å². The zero-order valence-corrected chi connectivity index (χ0v) is 23.4. The maximum atomic E-state index is 12.7. The van der Waals surface area contributed by atoms with Gasteiger partial charge in [-0.15, -0.1) is 0 Å². The molecule has 5 rings (SSSR count). The van der Waals surface area contributed by atoms with E-state index in [4.69, 9.17) is 9.47 Å². The van der Waals surface area contributed by atoms with Gasteiger partial charge in [0.1, 0.15) is 11.5 Å². The van der Waals surface area contributed by atoms with Crippen LogP contribution in [0, 0.1) is 5.41 Å². The Morgan fingerprint density at radius 3 is 1.89 bits per heavy atom. The Bertz CT molecular complexity index is 935. The van der Waals surface area contributed by atoms with Crippen LogP contribution in [-0.4, -0.2) is 12.6 Å². The van der Waals surface area contributed by atoms with Crippen LogP contribution in [0.25, 0.3) is 0 Å². The minimum atomic E-state index is -0.319. The molecular weight excluding hydrogens is 456 g/mol. The summed E-state index contributed by atoms with van der Waals surface area (Å²) in [5.74, 6) is 1.11. The average molecular weight is 505 g/mol. The highest BCUT2D eigenvalue weighted by Crippen LogP contribution is 2.59. The highest BCUT2D eigenvalue weighted by molar-refractivity contribution is 5.91. The largest absolute Gasteiger partial charge is 0.494 e. The summed E-state index contributed by atoms with van der Waals surface area (Å²) in [5, 5.41) is 0. The molecular formula is C34H48O3. The van der Waals surface area contributed by atoms with Crippen LogP contribution in [0.4, 0.5) is 0 Å². The zero-order chi connectivity index (χ0) is 26.0. The monoisotopic (exact) mass is 504 g/mol. The smallest absolute Gasteiger partial charge is 0.343 e. The number of carbonyl (C=O) groups excluding carboxylic acids is 1. The summed E-state index contributed by atoms with van der Waals surface area (Å²) < 4.78 is 11.5. The maximum Gasteiger partial charge on any atom is 0.343 e. The van der Waals surface area contributed by atoms with Gasteiger partial charge in [-0.25, -0.2) is 4.79 Å². The lowest BCUT2D eigenvalue weighted by Gasteiger charge is -2.54. The van der Waals surface area contributed by atoms with Gasteiger partial charge in [-0.2, -0.15) is 0 Å². The van der Waals surface area contributed by atoms with Crippen molar-refractivity contribution in [2.75, 3.05) is 6.61 Å². The Kier molecular flexibility index (Phi) is 10.1. The van der Waals surface area contributed by atoms with E-state index < -0.39 is 0 Å². The Morgan fingerprint density at radius 2 is 1.24 bits per heavy atom. The van der Waals surface area contributed by atoms with Gasteiger partial charge in [-0.1, -0.05) is 77.3 Å². The molecule has 0 spiro atoms. The van der Waals surface area contributed by atoms with Crippen molar-refractivity contribution in [2.24, 2.45) is 5.41 Å². The third-order valence-corrected chi connectivity index (χ3v) is 9.25. The Hall–Kier alpha value is -2.29. The molecule has 2 aromatic carbocycles. The molecule has 3 aliphatic rings. The first-order valence-electron chi connectivity index (χ1n) is 15.1. The van der Waals surface area contributed by atoms with E-state index in [1.165, 1.54) is 102 Å². The molecule has 0 atom stereocenters. The van der Waals surface area contributed by atoms with Crippen LogP contribution in [0.1, 0.15) is 133 Å². The van der Waals surface area contributed by atoms with E-state index in [2.05, 4.69) is 26.0 Å². The molecule has 0 N–H and O–H groups in total. The van der Waals surface area contributed by atoms with Gasteiger partial charge in [-0.3, -0.25) is 0 Å². The fourth-order valence-corrected chi connectivity index (χ4v) is 6.62. The summed E-state index contributed by atoms with van der Waals surface area (Å²) in [7, 11) is 0. The molecule has 37 heavy (non-hydrogen) atoms. The molecule has 2 bridgehead atoms. The van der Waals surface area contributed by atoms with Crippen molar-refractivity contribution in [3.05, 3.63) is 59.7 Å². The molecule has 0 radical (unpaired) electrons. The van der Waals surface area contributed by atoms with Gasteiger partial charge in [0.25, 0.3) is 0 Å². The van der Waals surface area contributed by atoms with Crippen LogP contribution in [0.5, 0.6) is 11.5 Å². The molecule has 3 heteroatoms. The number of rotatable bonds is 15. The van der Waals surface area contributed by atoms with E-state index in [1.54, 1.807) is 12.1 Å². The molecule has 202 valence electrons. The second-order valence-corrected chi connectivity index (χ2v) is 11.8. The SMILES string of the molecule is CCCCCCCCOc1ccc(C(=O)Oc2ccc(C34CCC(CCCCC)(CC3)CC4)cc2)cc1. The number of unbranched alkanes of at least 4 members (excludes halogenated alkanes) is 7. The van der Waals surface area contributed by atoms with Crippen molar-refractivity contribution in [1.82, 2.24) is 0 Å². The summed E-state index contributed by atoms with van der Waals surface area (Å²) in [6, 6.07) is 15.7. The number of carbonyl (C=O) groups is 1. The maximum absolute atomic E-state index is 12.7. The van der Waals surface area contributed by atoms with Crippen molar-refractivity contribution in [2.45, 2.75) is 122 Å². The Morgan fingerprint density at radius 1 is 0.676 bits per heavy atom. The second-order valence-electron chi connectivity index (χ2n) is 11.8. The lowest BCUT2D eigenvalue weighted by atomic mass is 9.51. The predicted octanol–water partition coefficient (Wildman–Crippen LogP) is 9.82. The Balaban J connectivity index is 1.23.